The molecule has 2 fully saturated rings. The minimum absolute atomic E-state index is 0.0207. The Kier molecular flexibility index (Phi) is 6.33. The van der Waals surface area contributed by atoms with E-state index in [-0.39, 0.29) is 24.4 Å². The first-order valence-corrected chi connectivity index (χ1v) is 10.2. The molecule has 1 aliphatic carbocycles. The minimum atomic E-state index is 0.0207. The van der Waals surface area contributed by atoms with Crippen molar-refractivity contribution in [3.8, 4) is 0 Å². The number of nitrogens with one attached hydrogen (secondary N) is 1. The van der Waals surface area contributed by atoms with Gasteiger partial charge in [0.15, 0.2) is 0 Å². The second-order valence-electron chi connectivity index (χ2n) is 8.13. The van der Waals surface area contributed by atoms with Crippen molar-refractivity contribution >= 4 is 11.8 Å². The molecule has 0 radical (unpaired) electrons. The van der Waals surface area contributed by atoms with E-state index in [9.17, 15) is 9.59 Å². The average molecular weight is 357 g/mol. The van der Waals surface area contributed by atoms with E-state index < -0.39 is 0 Å². The van der Waals surface area contributed by atoms with E-state index in [4.69, 9.17) is 0 Å². The van der Waals surface area contributed by atoms with Gasteiger partial charge in [-0.2, -0.15) is 0 Å². The second-order valence-corrected chi connectivity index (χ2v) is 8.13. The predicted molar refractivity (Wildman–Crippen MR) is 104 cm³/mol. The van der Waals surface area contributed by atoms with Gasteiger partial charge in [0.2, 0.25) is 11.8 Å². The molecule has 1 atom stereocenters. The smallest absolute Gasteiger partial charge is 0.242 e. The van der Waals surface area contributed by atoms with E-state index in [0.29, 0.717) is 12.3 Å². The predicted octanol–water partition coefficient (Wildman–Crippen LogP) is 4.05. The zero-order valence-electron chi connectivity index (χ0n) is 16.2. The molecule has 1 N–H and O–H groups in total. The minimum Gasteiger partial charge on any atom is -0.347 e. The first kappa shape index (κ1) is 18.9. The maximum absolute atomic E-state index is 12.7. The molecule has 1 aliphatic heterocycles. The molecular formula is C22H32N2O2. The summed E-state index contributed by atoms with van der Waals surface area (Å²) in [6.45, 7) is 5.11. The summed E-state index contributed by atoms with van der Waals surface area (Å²) in [5.74, 6) is 0.775. The molecule has 1 aromatic carbocycles. The Morgan fingerprint density at radius 1 is 1.04 bits per heavy atom. The van der Waals surface area contributed by atoms with E-state index in [0.717, 1.165) is 25.8 Å². The van der Waals surface area contributed by atoms with Gasteiger partial charge in [-0.3, -0.25) is 9.59 Å². The first-order valence-electron chi connectivity index (χ1n) is 10.2. The van der Waals surface area contributed by atoms with Gasteiger partial charge < -0.3 is 10.2 Å². The Morgan fingerprint density at radius 3 is 2.42 bits per heavy atom. The lowest BCUT2D eigenvalue weighted by Gasteiger charge is -2.26. The highest BCUT2D eigenvalue weighted by Gasteiger charge is 2.30. The maximum Gasteiger partial charge on any atom is 0.242 e. The Morgan fingerprint density at radius 2 is 1.73 bits per heavy atom. The highest BCUT2D eigenvalue weighted by Crippen LogP contribution is 2.33. The number of benzene rings is 1. The molecule has 1 aromatic rings. The van der Waals surface area contributed by atoms with E-state index >= 15 is 0 Å². The van der Waals surface area contributed by atoms with Crippen molar-refractivity contribution in [3.05, 3.63) is 34.9 Å². The maximum atomic E-state index is 12.7. The van der Waals surface area contributed by atoms with Gasteiger partial charge in [-0.1, -0.05) is 55.0 Å². The summed E-state index contributed by atoms with van der Waals surface area (Å²) in [4.78, 5) is 26.7. The van der Waals surface area contributed by atoms with E-state index in [2.05, 4.69) is 37.4 Å². The summed E-state index contributed by atoms with van der Waals surface area (Å²) in [5, 5.41) is 2.85. The van der Waals surface area contributed by atoms with Crippen LogP contribution in [0.2, 0.25) is 0 Å². The van der Waals surface area contributed by atoms with E-state index in [1.165, 1.54) is 42.4 Å². The lowest BCUT2D eigenvalue weighted by atomic mass is 9.99. The number of hydrogen-bond donors (Lipinski definition) is 1. The number of carbonyl (C=O) groups is 2. The summed E-state index contributed by atoms with van der Waals surface area (Å²) in [7, 11) is 0. The number of rotatable bonds is 6. The van der Waals surface area contributed by atoms with Gasteiger partial charge in [-0.15, -0.1) is 0 Å². The lowest BCUT2D eigenvalue weighted by Crippen LogP contribution is -2.39. The fraction of sp³-hybridized carbons (Fsp3) is 0.636. The molecule has 0 aromatic heterocycles. The molecule has 1 saturated heterocycles. The Hall–Kier alpha value is -1.84. The molecule has 3 rings (SSSR count). The quantitative estimate of drug-likeness (QED) is 0.836. The van der Waals surface area contributed by atoms with Gasteiger partial charge in [0.1, 0.15) is 0 Å². The zero-order valence-corrected chi connectivity index (χ0v) is 16.2. The van der Waals surface area contributed by atoms with Gasteiger partial charge >= 0.3 is 0 Å². The van der Waals surface area contributed by atoms with E-state index in [1.807, 2.05) is 4.90 Å². The molecule has 2 aliphatic rings. The van der Waals surface area contributed by atoms with Crippen LogP contribution < -0.4 is 5.32 Å². The number of amides is 2. The summed E-state index contributed by atoms with van der Waals surface area (Å²) in [6.07, 6.45) is 8.69. The SMILES string of the molecule is Cc1cc(C)cc(C2CCCN2C(=O)CNC(=O)CCC2CCCC2)c1. The second kappa shape index (κ2) is 8.70. The average Bonchev–Trinajstić information content (AvgIpc) is 3.28. The fourth-order valence-corrected chi connectivity index (χ4v) is 4.61. The van der Waals surface area contributed by atoms with Crippen molar-refractivity contribution in [2.45, 2.75) is 71.3 Å². The molecular weight excluding hydrogens is 324 g/mol. The van der Waals surface area contributed by atoms with Crippen molar-refractivity contribution in [2.24, 2.45) is 5.92 Å². The van der Waals surface area contributed by atoms with E-state index in [1.54, 1.807) is 0 Å². The molecule has 4 nitrogen and oxygen atoms in total. The molecule has 1 unspecified atom stereocenters. The van der Waals surface area contributed by atoms with Crippen molar-refractivity contribution in [1.29, 1.82) is 0 Å². The lowest BCUT2D eigenvalue weighted by molar-refractivity contribution is -0.133. The largest absolute Gasteiger partial charge is 0.347 e. The normalized spacial score (nSPS) is 20.5. The van der Waals surface area contributed by atoms with Gasteiger partial charge in [-0.05, 0) is 44.6 Å². The molecule has 26 heavy (non-hydrogen) atoms. The van der Waals surface area contributed by atoms with Crippen LogP contribution in [0.5, 0.6) is 0 Å². The number of nitrogens with zero attached hydrogens (tertiary/aromatic N) is 1. The Balaban J connectivity index is 1.50. The number of carbonyl (C=O) groups excluding carboxylic acids is 2. The van der Waals surface area contributed by atoms with Gasteiger partial charge in [0.25, 0.3) is 0 Å². The summed E-state index contributed by atoms with van der Waals surface area (Å²) >= 11 is 0. The Bertz CT molecular complexity index is 629. The van der Waals surface area contributed by atoms with Crippen LogP contribution in [0.3, 0.4) is 0 Å². The third kappa shape index (κ3) is 4.87. The van der Waals surface area contributed by atoms with Crippen LogP contribution >= 0.6 is 0 Å². The van der Waals surface area contributed by atoms with Gasteiger partial charge in [0, 0.05) is 13.0 Å². The number of aryl methyl sites for hydroxylation is 2. The number of hydrogen-bond acceptors (Lipinski definition) is 2. The molecule has 142 valence electrons. The number of likely N-dealkylation sites (tertiary alicyclic amines) is 1. The summed E-state index contributed by atoms with van der Waals surface area (Å²) in [6, 6.07) is 6.68. The molecule has 4 heteroatoms. The molecule has 2 amide bonds. The van der Waals surface area contributed by atoms with Crippen LogP contribution in [0.4, 0.5) is 0 Å². The fourth-order valence-electron chi connectivity index (χ4n) is 4.61. The third-order valence-corrected chi connectivity index (χ3v) is 5.89. The monoisotopic (exact) mass is 356 g/mol. The van der Waals surface area contributed by atoms with Crippen LogP contribution in [0.25, 0.3) is 0 Å². The third-order valence-electron chi connectivity index (χ3n) is 5.89. The Labute approximate surface area is 157 Å². The van der Waals surface area contributed by atoms with Crippen LogP contribution in [0.15, 0.2) is 18.2 Å². The highest BCUT2D eigenvalue weighted by atomic mass is 16.2. The van der Waals surface area contributed by atoms with Gasteiger partial charge in [-0.25, -0.2) is 0 Å². The van der Waals surface area contributed by atoms with Crippen molar-refractivity contribution in [2.75, 3.05) is 13.1 Å². The first-order chi connectivity index (χ1) is 12.5. The highest BCUT2D eigenvalue weighted by molar-refractivity contribution is 5.85. The van der Waals surface area contributed by atoms with Crippen molar-refractivity contribution in [1.82, 2.24) is 10.2 Å². The molecule has 0 spiro atoms. The van der Waals surface area contributed by atoms with Crippen LogP contribution in [0.1, 0.15) is 74.1 Å². The van der Waals surface area contributed by atoms with Crippen molar-refractivity contribution < 1.29 is 9.59 Å². The zero-order chi connectivity index (χ0) is 18.5. The molecule has 0 bridgehead atoms. The van der Waals surface area contributed by atoms with Crippen LogP contribution in [0, 0.1) is 19.8 Å². The standard InChI is InChI=1S/C22H32N2O2/c1-16-12-17(2)14-19(13-16)20-8-5-11-24(20)22(26)15-23-21(25)10-9-18-6-3-4-7-18/h12-14,18,20H,3-11,15H2,1-2H3,(H,23,25). The summed E-state index contributed by atoms with van der Waals surface area (Å²) < 4.78 is 0. The molecule has 1 heterocycles. The topological polar surface area (TPSA) is 49.4 Å². The molecule has 1 saturated carbocycles. The van der Waals surface area contributed by atoms with Crippen molar-refractivity contribution in [3.63, 3.8) is 0 Å². The van der Waals surface area contributed by atoms with Gasteiger partial charge in [0.05, 0.1) is 12.6 Å². The van der Waals surface area contributed by atoms with Crippen LogP contribution in [-0.4, -0.2) is 29.8 Å². The van der Waals surface area contributed by atoms with Crippen LogP contribution in [-0.2, 0) is 9.59 Å². The summed E-state index contributed by atoms with van der Waals surface area (Å²) in [5.41, 5.74) is 3.69.